The van der Waals surface area contributed by atoms with Crippen LogP contribution in [0.25, 0.3) is 10.9 Å². The molecule has 0 aliphatic rings. The van der Waals surface area contributed by atoms with Crippen LogP contribution in [0.3, 0.4) is 0 Å². The van der Waals surface area contributed by atoms with Gasteiger partial charge in [-0.2, -0.15) is 0 Å². The van der Waals surface area contributed by atoms with Crippen LogP contribution in [0, 0.1) is 0 Å². The fraction of sp³-hybridized carbons (Fsp3) is 0.222. The molecule has 1 aromatic carbocycles. The molecule has 3 rings (SSSR count). The summed E-state index contributed by atoms with van der Waals surface area (Å²) >= 11 is 0. The number of carbonyl (C=O) groups is 2. The Balaban J connectivity index is 1.32. The molecule has 25 heavy (non-hydrogen) atoms. The lowest BCUT2D eigenvalue weighted by Crippen LogP contribution is -2.40. The van der Waals surface area contributed by atoms with Gasteiger partial charge in [-0.25, -0.2) is 4.79 Å². The van der Waals surface area contributed by atoms with Crippen LogP contribution in [-0.4, -0.2) is 36.6 Å². The molecule has 0 bridgehead atoms. The summed E-state index contributed by atoms with van der Waals surface area (Å²) < 4.78 is 4.98. The molecular weight excluding hydrogens is 320 g/mol. The molecule has 3 aromatic rings. The Labute approximate surface area is 144 Å². The summed E-state index contributed by atoms with van der Waals surface area (Å²) in [5, 5.41) is 9.33. The van der Waals surface area contributed by atoms with Crippen LogP contribution in [0.1, 0.15) is 16.1 Å². The van der Waals surface area contributed by atoms with Gasteiger partial charge in [0, 0.05) is 36.7 Å². The maximum atomic E-state index is 11.7. The van der Waals surface area contributed by atoms with E-state index in [4.69, 9.17) is 4.42 Å². The summed E-state index contributed by atoms with van der Waals surface area (Å²) in [6, 6.07) is 11.0. The molecule has 4 N–H and O–H groups in total. The van der Waals surface area contributed by atoms with E-state index in [0.717, 1.165) is 11.9 Å². The standard InChI is InChI=1S/C18H20N4O3/c23-17(16-6-3-11-25-16)19-9-10-21-18(24)20-8-7-13-12-22-15-5-2-1-4-14(13)15/h1-6,11-12,22H,7-10H2,(H,19,23)(H2,20,21,24). The van der Waals surface area contributed by atoms with Gasteiger partial charge >= 0.3 is 6.03 Å². The molecule has 0 unspecified atom stereocenters. The molecule has 2 aromatic heterocycles. The van der Waals surface area contributed by atoms with Crippen LogP contribution in [-0.2, 0) is 6.42 Å². The van der Waals surface area contributed by atoms with Crippen LogP contribution in [0.2, 0.25) is 0 Å². The van der Waals surface area contributed by atoms with Gasteiger partial charge in [-0.15, -0.1) is 0 Å². The number of H-pyrrole nitrogens is 1. The summed E-state index contributed by atoms with van der Waals surface area (Å²) in [6.07, 6.45) is 4.15. The highest BCUT2D eigenvalue weighted by Crippen LogP contribution is 2.17. The second kappa shape index (κ2) is 8.05. The molecule has 7 nitrogen and oxygen atoms in total. The number of hydrogen-bond donors (Lipinski definition) is 4. The van der Waals surface area contributed by atoms with Gasteiger partial charge in [0.2, 0.25) is 0 Å². The Morgan fingerprint density at radius 3 is 2.60 bits per heavy atom. The van der Waals surface area contributed by atoms with Crippen molar-refractivity contribution in [2.24, 2.45) is 0 Å². The van der Waals surface area contributed by atoms with Crippen molar-refractivity contribution in [2.75, 3.05) is 19.6 Å². The van der Waals surface area contributed by atoms with E-state index < -0.39 is 0 Å². The maximum Gasteiger partial charge on any atom is 0.314 e. The Morgan fingerprint density at radius 1 is 0.960 bits per heavy atom. The molecule has 0 fully saturated rings. The Hall–Kier alpha value is -3.22. The number of amides is 3. The zero-order valence-corrected chi connectivity index (χ0v) is 13.7. The maximum absolute atomic E-state index is 11.7. The van der Waals surface area contributed by atoms with E-state index in [1.165, 1.54) is 17.2 Å². The number of aromatic amines is 1. The topological polar surface area (TPSA) is 99.2 Å². The number of nitrogens with one attached hydrogen (secondary N) is 4. The van der Waals surface area contributed by atoms with Gasteiger partial charge in [0.1, 0.15) is 0 Å². The molecule has 0 spiro atoms. The van der Waals surface area contributed by atoms with Crippen molar-refractivity contribution in [3.8, 4) is 0 Å². The Morgan fingerprint density at radius 2 is 1.76 bits per heavy atom. The predicted octanol–water partition coefficient (Wildman–Crippen LogP) is 2.03. The van der Waals surface area contributed by atoms with Crippen molar-refractivity contribution >= 4 is 22.8 Å². The van der Waals surface area contributed by atoms with Crippen LogP contribution < -0.4 is 16.0 Å². The van der Waals surface area contributed by atoms with E-state index in [0.29, 0.717) is 19.6 Å². The SMILES string of the molecule is O=C(NCCNC(=O)c1ccco1)NCCc1c[nH]c2ccccc12. The molecule has 0 radical (unpaired) electrons. The number of hydrogen-bond acceptors (Lipinski definition) is 3. The van der Waals surface area contributed by atoms with Crippen LogP contribution in [0.15, 0.2) is 53.3 Å². The third kappa shape index (κ3) is 4.41. The largest absolute Gasteiger partial charge is 0.459 e. The smallest absolute Gasteiger partial charge is 0.314 e. The van der Waals surface area contributed by atoms with Crippen molar-refractivity contribution in [3.05, 3.63) is 60.2 Å². The van der Waals surface area contributed by atoms with Gasteiger partial charge in [0.05, 0.1) is 6.26 Å². The number of fused-ring (bicyclic) bond motifs is 1. The zero-order chi connectivity index (χ0) is 17.5. The Kier molecular flexibility index (Phi) is 5.36. The molecular formula is C18H20N4O3. The molecule has 0 aliphatic carbocycles. The predicted molar refractivity (Wildman–Crippen MR) is 94.4 cm³/mol. The summed E-state index contributed by atoms with van der Waals surface area (Å²) in [6.45, 7) is 1.20. The molecule has 3 amide bonds. The van der Waals surface area contributed by atoms with E-state index in [9.17, 15) is 9.59 Å². The van der Waals surface area contributed by atoms with E-state index in [-0.39, 0.29) is 17.7 Å². The van der Waals surface area contributed by atoms with E-state index >= 15 is 0 Å². The summed E-state index contributed by atoms with van der Waals surface area (Å²) in [5.41, 5.74) is 2.26. The minimum Gasteiger partial charge on any atom is -0.459 e. The normalized spacial score (nSPS) is 10.6. The quantitative estimate of drug-likeness (QED) is 0.495. The van der Waals surface area contributed by atoms with Crippen LogP contribution >= 0.6 is 0 Å². The first-order valence-electron chi connectivity index (χ1n) is 8.12. The Bertz CT molecular complexity index is 839. The van der Waals surface area contributed by atoms with Crippen molar-refractivity contribution in [2.45, 2.75) is 6.42 Å². The van der Waals surface area contributed by atoms with Crippen molar-refractivity contribution < 1.29 is 14.0 Å². The average molecular weight is 340 g/mol. The van der Waals surface area contributed by atoms with Crippen LogP contribution in [0.4, 0.5) is 4.79 Å². The van der Waals surface area contributed by atoms with Gasteiger partial charge in [0.15, 0.2) is 5.76 Å². The number of furan rings is 1. The van der Waals surface area contributed by atoms with Crippen molar-refractivity contribution in [1.82, 2.24) is 20.9 Å². The second-order valence-electron chi connectivity index (χ2n) is 5.53. The minimum atomic E-state index is -0.299. The number of rotatable bonds is 7. The molecule has 0 saturated heterocycles. The summed E-state index contributed by atoms with van der Waals surface area (Å²) in [7, 11) is 0. The van der Waals surface area contributed by atoms with Crippen LogP contribution in [0.5, 0.6) is 0 Å². The highest BCUT2D eigenvalue weighted by atomic mass is 16.3. The second-order valence-corrected chi connectivity index (χ2v) is 5.53. The van der Waals surface area contributed by atoms with Crippen molar-refractivity contribution in [3.63, 3.8) is 0 Å². The molecule has 130 valence electrons. The first kappa shape index (κ1) is 16.6. The highest BCUT2D eigenvalue weighted by molar-refractivity contribution is 5.91. The molecule has 0 atom stereocenters. The molecule has 0 saturated carbocycles. The summed E-state index contributed by atoms with van der Waals surface area (Å²) in [4.78, 5) is 26.6. The van der Waals surface area contributed by atoms with E-state index in [1.807, 2.05) is 24.4 Å². The lowest BCUT2D eigenvalue weighted by molar-refractivity contribution is 0.0926. The number of para-hydroxylation sites is 1. The van der Waals surface area contributed by atoms with Gasteiger partial charge in [0.25, 0.3) is 5.91 Å². The van der Waals surface area contributed by atoms with Gasteiger partial charge in [-0.05, 0) is 30.2 Å². The monoisotopic (exact) mass is 340 g/mol. The number of urea groups is 1. The lowest BCUT2D eigenvalue weighted by Gasteiger charge is -2.08. The fourth-order valence-corrected chi connectivity index (χ4v) is 2.56. The number of benzene rings is 1. The number of carbonyl (C=O) groups excluding carboxylic acids is 2. The third-order valence-corrected chi connectivity index (χ3v) is 3.80. The van der Waals surface area contributed by atoms with Gasteiger partial charge < -0.3 is 25.4 Å². The van der Waals surface area contributed by atoms with E-state index in [1.54, 1.807) is 12.1 Å². The zero-order valence-electron chi connectivity index (χ0n) is 13.7. The fourth-order valence-electron chi connectivity index (χ4n) is 2.56. The first-order valence-corrected chi connectivity index (χ1v) is 8.12. The average Bonchev–Trinajstić information content (AvgIpc) is 3.29. The minimum absolute atomic E-state index is 0.253. The van der Waals surface area contributed by atoms with Gasteiger partial charge in [-0.3, -0.25) is 4.79 Å². The molecule has 0 aliphatic heterocycles. The first-order chi connectivity index (χ1) is 12.2. The highest BCUT2D eigenvalue weighted by Gasteiger charge is 2.07. The lowest BCUT2D eigenvalue weighted by atomic mass is 10.1. The molecule has 7 heteroatoms. The van der Waals surface area contributed by atoms with Crippen molar-refractivity contribution in [1.29, 1.82) is 0 Å². The number of aromatic nitrogens is 1. The van der Waals surface area contributed by atoms with E-state index in [2.05, 4.69) is 27.0 Å². The summed E-state index contributed by atoms with van der Waals surface area (Å²) in [5.74, 6) is -0.0466. The molecule has 2 heterocycles. The third-order valence-electron chi connectivity index (χ3n) is 3.80. The van der Waals surface area contributed by atoms with Gasteiger partial charge in [-0.1, -0.05) is 18.2 Å².